The van der Waals surface area contributed by atoms with Crippen molar-refractivity contribution < 1.29 is 10.2 Å². The van der Waals surface area contributed by atoms with Gasteiger partial charge in [-0.2, -0.15) is 0 Å². The molecule has 0 spiro atoms. The second kappa shape index (κ2) is 4.44. The molecule has 0 heterocycles. The average Bonchev–Trinajstić information content (AvgIpc) is 2.16. The van der Waals surface area contributed by atoms with Crippen molar-refractivity contribution >= 4 is 0 Å². The molecule has 0 fully saturated rings. The number of phenols is 1. The van der Waals surface area contributed by atoms with E-state index >= 15 is 0 Å². The van der Waals surface area contributed by atoms with Gasteiger partial charge in [0.15, 0.2) is 0 Å². The van der Waals surface area contributed by atoms with Crippen molar-refractivity contribution in [2.24, 2.45) is 5.73 Å². The number of aromatic hydroxyl groups is 1. The molecule has 1 aromatic rings. The van der Waals surface area contributed by atoms with Gasteiger partial charge in [0.2, 0.25) is 0 Å². The maximum absolute atomic E-state index is 9.38. The Hall–Kier alpha value is -1.06. The zero-order valence-corrected chi connectivity index (χ0v) is 8.57. The number of aryl methyl sites for hydroxylation is 1. The number of benzene rings is 1. The fraction of sp³-hybridized carbons (Fsp3) is 0.455. The molecule has 0 radical (unpaired) electrons. The normalized spacial score (nSPS) is 15.1. The van der Waals surface area contributed by atoms with E-state index in [0.29, 0.717) is 0 Å². The van der Waals surface area contributed by atoms with E-state index in [-0.39, 0.29) is 5.75 Å². The summed E-state index contributed by atoms with van der Waals surface area (Å²) in [6, 6.07) is 4.66. The maximum atomic E-state index is 9.38. The monoisotopic (exact) mass is 195 g/mol. The quantitative estimate of drug-likeness (QED) is 0.681. The average molecular weight is 195 g/mol. The summed E-state index contributed by atoms with van der Waals surface area (Å²) in [5.41, 5.74) is 7.71. The first-order chi connectivity index (χ1) is 6.56. The summed E-state index contributed by atoms with van der Waals surface area (Å²) >= 11 is 0. The van der Waals surface area contributed by atoms with Gasteiger partial charge in [0.25, 0.3) is 0 Å². The molecular formula is C11H17NO2. The standard InChI is InChI=1S/C11H17NO2/c1-3-8-4-5-9(14)6-10(8)11(12)7(2)13/h4-7,11,13-14H,3,12H2,1-2H3. The highest BCUT2D eigenvalue weighted by Gasteiger charge is 2.15. The first-order valence-electron chi connectivity index (χ1n) is 4.81. The smallest absolute Gasteiger partial charge is 0.115 e. The molecule has 3 heteroatoms. The third-order valence-corrected chi connectivity index (χ3v) is 2.39. The molecule has 1 rings (SSSR count). The van der Waals surface area contributed by atoms with Crippen molar-refractivity contribution in [2.45, 2.75) is 32.4 Å². The molecule has 14 heavy (non-hydrogen) atoms. The maximum Gasteiger partial charge on any atom is 0.115 e. The predicted molar refractivity (Wildman–Crippen MR) is 56.1 cm³/mol. The highest BCUT2D eigenvalue weighted by atomic mass is 16.3. The molecule has 0 saturated carbocycles. The molecule has 2 unspecified atom stereocenters. The lowest BCUT2D eigenvalue weighted by Gasteiger charge is -2.18. The number of hydrogen-bond donors (Lipinski definition) is 3. The molecule has 0 aromatic heterocycles. The lowest BCUT2D eigenvalue weighted by Crippen LogP contribution is -2.24. The molecule has 0 aliphatic heterocycles. The second-order valence-corrected chi connectivity index (χ2v) is 3.50. The van der Waals surface area contributed by atoms with Gasteiger partial charge in [-0.25, -0.2) is 0 Å². The third-order valence-electron chi connectivity index (χ3n) is 2.39. The summed E-state index contributed by atoms with van der Waals surface area (Å²) < 4.78 is 0. The number of rotatable bonds is 3. The van der Waals surface area contributed by atoms with Crippen LogP contribution in [0, 0.1) is 0 Å². The highest BCUT2D eigenvalue weighted by Crippen LogP contribution is 2.24. The summed E-state index contributed by atoms with van der Waals surface area (Å²) in [5.74, 6) is 0.188. The number of nitrogens with two attached hydrogens (primary N) is 1. The molecule has 3 nitrogen and oxygen atoms in total. The van der Waals surface area contributed by atoms with Gasteiger partial charge in [-0.05, 0) is 36.6 Å². The SMILES string of the molecule is CCc1ccc(O)cc1C(N)C(C)O. The molecule has 4 N–H and O–H groups in total. The van der Waals surface area contributed by atoms with Crippen LogP contribution in [-0.4, -0.2) is 16.3 Å². The zero-order chi connectivity index (χ0) is 10.7. The molecular weight excluding hydrogens is 178 g/mol. The molecule has 0 aliphatic carbocycles. The summed E-state index contributed by atoms with van der Waals surface area (Å²) in [5, 5.41) is 18.7. The van der Waals surface area contributed by atoms with Gasteiger partial charge >= 0.3 is 0 Å². The van der Waals surface area contributed by atoms with Crippen molar-refractivity contribution in [2.75, 3.05) is 0 Å². The first-order valence-corrected chi connectivity index (χ1v) is 4.81. The fourth-order valence-electron chi connectivity index (χ4n) is 1.47. The van der Waals surface area contributed by atoms with E-state index in [1.807, 2.05) is 13.0 Å². The van der Waals surface area contributed by atoms with Crippen LogP contribution in [0.1, 0.15) is 31.0 Å². The van der Waals surface area contributed by atoms with E-state index in [2.05, 4.69) is 0 Å². The van der Waals surface area contributed by atoms with Crippen LogP contribution in [-0.2, 0) is 6.42 Å². The van der Waals surface area contributed by atoms with Gasteiger partial charge in [-0.3, -0.25) is 0 Å². The van der Waals surface area contributed by atoms with E-state index in [1.54, 1.807) is 19.1 Å². The zero-order valence-electron chi connectivity index (χ0n) is 8.57. The van der Waals surface area contributed by atoms with E-state index in [0.717, 1.165) is 17.5 Å². The lowest BCUT2D eigenvalue weighted by molar-refractivity contribution is 0.164. The Morgan fingerprint density at radius 1 is 1.43 bits per heavy atom. The Morgan fingerprint density at radius 3 is 2.57 bits per heavy atom. The number of hydrogen-bond acceptors (Lipinski definition) is 3. The second-order valence-electron chi connectivity index (χ2n) is 3.50. The van der Waals surface area contributed by atoms with Crippen LogP contribution in [0.2, 0.25) is 0 Å². The van der Waals surface area contributed by atoms with Crippen molar-refractivity contribution in [3.8, 4) is 5.75 Å². The predicted octanol–water partition coefficient (Wildman–Crippen LogP) is 1.34. The van der Waals surface area contributed by atoms with Gasteiger partial charge in [-0.1, -0.05) is 13.0 Å². The Morgan fingerprint density at radius 2 is 2.07 bits per heavy atom. The van der Waals surface area contributed by atoms with Crippen molar-refractivity contribution in [1.29, 1.82) is 0 Å². The molecule has 0 saturated heterocycles. The van der Waals surface area contributed by atoms with E-state index < -0.39 is 12.1 Å². The van der Waals surface area contributed by atoms with Gasteiger partial charge < -0.3 is 15.9 Å². The summed E-state index contributed by atoms with van der Waals surface area (Å²) in [4.78, 5) is 0. The topological polar surface area (TPSA) is 66.5 Å². The van der Waals surface area contributed by atoms with Gasteiger partial charge in [0.05, 0.1) is 12.1 Å². The molecule has 1 aromatic carbocycles. The van der Waals surface area contributed by atoms with E-state index in [4.69, 9.17) is 5.73 Å². The summed E-state index contributed by atoms with van der Waals surface area (Å²) in [6.07, 6.45) is 0.234. The van der Waals surface area contributed by atoms with E-state index in [1.165, 1.54) is 0 Å². The van der Waals surface area contributed by atoms with Crippen LogP contribution in [0.25, 0.3) is 0 Å². The summed E-state index contributed by atoms with van der Waals surface area (Å²) in [6.45, 7) is 3.67. The summed E-state index contributed by atoms with van der Waals surface area (Å²) in [7, 11) is 0. The number of aliphatic hydroxyl groups is 1. The van der Waals surface area contributed by atoms with Gasteiger partial charge in [-0.15, -0.1) is 0 Å². The van der Waals surface area contributed by atoms with Crippen molar-refractivity contribution in [3.05, 3.63) is 29.3 Å². The van der Waals surface area contributed by atoms with Gasteiger partial charge in [0, 0.05) is 0 Å². The molecule has 0 aliphatic rings. The highest BCUT2D eigenvalue weighted by molar-refractivity contribution is 5.37. The van der Waals surface area contributed by atoms with Crippen LogP contribution in [0.15, 0.2) is 18.2 Å². The fourth-order valence-corrected chi connectivity index (χ4v) is 1.47. The molecule has 0 amide bonds. The number of aliphatic hydroxyl groups excluding tert-OH is 1. The minimum atomic E-state index is -0.609. The van der Waals surface area contributed by atoms with Gasteiger partial charge in [0.1, 0.15) is 5.75 Å². The minimum Gasteiger partial charge on any atom is -0.508 e. The Bertz CT molecular complexity index is 310. The third kappa shape index (κ3) is 2.25. The molecule has 2 atom stereocenters. The minimum absolute atomic E-state index is 0.188. The van der Waals surface area contributed by atoms with Crippen LogP contribution in [0.5, 0.6) is 5.75 Å². The number of phenolic OH excluding ortho intramolecular Hbond substituents is 1. The van der Waals surface area contributed by atoms with Crippen LogP contribution in [0.4, 0.5) is 0 Å². The molecule has 78 valence electrons. The van der Waals surface area contributed by atoms with Crippen LogP contribution >= 0.6 is 0 Å². The Labute approximate surface area is 84.2 Å². The lowest BCUT2D eigenvalue weighted by atomic mass is 9.96. The Balaban J connectivity index is 3.10. The van der Waals surface area contributed by atoms with Crippen molar-refractivity contribution in [3.63, 3.8) is 0 Å². The van der Waals surface area contributed by atoms with Crippen LogP contribution in [0.3, 0.4) is 0 Å². The Kier molecular flexibility index (Phi) is 3.49. The van der Waals surface area contributed by atoms with E-state index in [9.17, 15) is 10.2 Å². The first kappa shape index (κ1) is 11.0. The van der Waals surface area contributed by atoms with Crippen LogP contribution < -0.4 is 5.73 Å². The molecule has 0 bridgehead atoms. The largest absolute Gasteiger partial charge is 0.508 e. The van der Waals surface area contributed by atoms with Crippen molar-refractivity contribution in [1.82, 2.24) is 0 Å².